The monoisotopic (exact) mass is 296 g/mol. The summed E-state index contributed by atoms with van der Waals surface area (Å²) in [6, 6.07) is 9.16. The zero-order valence-electron chi connectivity index (χ0n) is 13.1. The van der Waals surface area contributed by atoms with E-state index in [1.807, 2.05) is 0 Å². The highest BCUT2D eigenvalue weighted by Crippen LogP contribution is 2.51. The molecule has 4 bridgehead atoms. The van der Waals surface area contributed by atoms with Crippen molar-refractivity contribution in [2.24, 2.45) is 11.8 Å². The first-order valence-corrected chi connectivity index (χ1v) is 8.79. The molecule has 0 radical (unpaired) electrons. The van der Waals surface area contributed by atoms with Crippen molar-refractivity contribution in [3.8, 4) is 0 Å². The lowest BCUT2D eigenvalue weighted by Crippen LogP contribution is -2.62. The molecule has 1 saturated carbocycles. The summed E-state index contributed by atoms with van der Waals surface area (Å²) in [6.07, 6.45) is 3.39. The summed E-state index contributed by atoms with van der Waals surface area (Å²) in [5.74, 6) is 1.48. The van der Waals surface area contributed by atoms with Gasteiger partial charge in [0.15, 0.2) is 0 Å². The summed E-state index contributed by atoms with van der Waals surface area (Å²) in [4.78, 5) is 6.37. The molecule has 116 valence electrons. The number of hydrogen-bond acceptors (Lipinski definition) is 2. The average molecular weight is 296 g/mol. The maximum atomic E-state index is 11.0. The Labute approximate surface area is 131 Å². The van der Waals surface area contributed by atoms with Gasteiger partial charge in [-0.05, 0) is 36.3 Å². The van der Waals surface area contributed by atoms with Crippen molar-refractivity contribution in [1.29, 1.82) is 0 Å². The van der Waals surface area contributed by atoms with Crippen LogP contribution in [0.25, 0.3) is 10.9 Å². The molecule has 3 fully saturated rings. The van der Waals surface area contributed by atoms with Gasteiger partial charge in [-0.3, -0.25) is 4.90 Å². The molecule has 6 rings (SSSR count). The number of para-hydroxylation sites is 1. The van der Waals surface area contributed by atoms with Gasteiger partial charge in [0.1, 0.15) is 0 Å². The second kappa shape index (κ2) is 4.59. The third kappa shape index (κ3) is 1.59. The molecule has 1 aromatic carbocycles. The van der Waals surface area contributed by atoms with Crippen molar-refractivity contribution >= 4 is 10.9 Å². The van der Waals surface area contributed by atoms with Crippen molar-refractivity contribution < 1.29 is 5.11 Å². The molecule has 2 N–H and O–H groups in total. The van der Waals surface area contributed by atoms with Gasteiger partial charge < -0.3 is 10.1 Å². The molecule has 0 spiro atoms. The van der Waals surface area contributed by atoms with E-state index in [0.717, 1.165) is 25.4 Å². The van der Waals surface area contributed by atoms with Crippen LogP contribution in [0.5, 0.6) is 0 Å². The van der Waals surface area contributed by atoms with Gasteiger partial charge in [-0.15, -0.1) is 0 Å². The highest BCUT2D eigenvalue weighted by Gasteiger charge is 2.53. The summed E-state index contributed by atoms with van der Waals surface area (Å²) in [7, 11) is 0. The van der Waals surface area contributed by atoms with Gasteiger partial charge in [-0.2, -0.15) is 0 Å². The maximum Gasteiger partial charge on any atom is 0.0678 e. The quantitative estimate of drug-likeness (QED) is 0.849. The largest absolute Gasteiger partial charge is 0.392 e. The number of aromatic amines is 1. The minimum atomic E-state index is -0.172. The molecule has 22 heavy (non-hydrogen) atoms. The number of piperidine rings is 2. The van der Waals surface area contributed by atoms with Crippen LogP contribution >= 0.6 is 0 Å². The smallest absolute Gasteiger partial charge is 0.0678 e. The first-order chi connectivity index (χ1) is 10.8. The highest BCUT2D eigenvalue weighted by atomic mass is 16.3. The molecule has 4 aliphatic rings. The number of nitrogens with one attached hydrogen (secondary N) is 1. The fourth-order valence-electron chi connectivity index (χ4n) is 5.61. The topological polar surface area (TPSA) is 39.3 Å². The van der Waals surface area contributed by atoms with Crippen LogP contribution in [-0.4, -0.2) is 40.2 Å². The van der Waals surface area contributed by atoms with Crippen LogP contribution in [-0.2, 0) is 6.42 Å². The number of hydrogen-bond donors (Lipinski definition) is 2. The predicted octanol–water partition coefficient (Wildman–Crippen LogP) is 2.90. The summed E-state index contributed by atoms with van der Waals surface area (Å²) in [6.45, 7) is 4.56. The molecule has 2 aromatic rings. The van der Waals surface area contributed by atoms with Crippen molar-refractivity contribution in [1.82, 2.24) is 9.88 Å². The van der Waals surface area contributed by atoms with Crippen LogP contribution in [0.2, 0.25) is 0 Å². The van der Waals surface area contributed by atoms with E-state index in [4.69, 9.17) is 0 Å². The second-order valence-corrected chi connectivity index (χ2v) is 7.48. The number of aliphatic hydroxyl groups is 1. The molecule has 3 aliphatic heterocycles. The Morgan fingerprint density at radius 3 is 3.05 bits per heavy atom. The van der Waals surface area contributed by atoms with E-state index in [1.165, 1.54) is 35.0 Å². The lowest BCUT2D eigenvalue weighted by molar-refractivity contribution is -0.0964. The number of benzene rings is 1. The zero-order chi connectivity index (χ0) is 14.8. The van der Waals surface area contributed by atoms with E-state index in [-0.39, 0.29) is 12.0 Å². The number of aliphatic hydroxyl groups excluding tert-OH is 1. The van der Waals surface area contributed by atoms with Gasteiger partial charge in [0.05, 0.1) is 6.10 Å². The third-order valence-corrected chi connectivity index (χ3v) is 6.55. The van der Waals surface area contributed by atoms with Crippen LogP contribution in [0.3, 0.4) is 0 Å². The fraction of sp³-hybridized carbons (Fsp3) is 0.579. The van der Waals surface area contributed by atoms with Gasteiger partial charge >= 0.3 is 0 Å². The number of fused-ring (bicyclic) bond motifs is 4. The van der Waals surface area contributed by atoms with Crippen LogP contribution in [0, 0.1) is 11.8 Å². The number of H-pyrrole nitrogens is 1. The number of nitrogens with zero attached hydrogens (tertiary/aromatic N) is 1. The molecule has 1 aromatic heterocycles. The highest BCUT2D eigenvalue weighted by molar-refractivity contribution is 5.85. The SMILES string of the molecule is CC[C@H]1C[C@H]2CN3CCc4c([nH]c5ccccc45)[C@H](C2O)[C@H]13. The van der Waals surface area contributed by atoms with Crippen molar-refractivity contribution in [2.45, 2.75) is 44.2 Å². The van der Waals surface area contributed by atoms with Gasteiger partial charge in [0.25, 0.3) is 0 Å². The summed E-state index contributed by atoms with van der Waals surface area (Å²) >= 11 is 0. The molecule has 3 nitrogen and oxygen atoms in total. The maximum absolute atomic E-state index is 11.0. The van der Waals surface area contributed by atoms with Gasteiger partial charge in [-0.1, -0.05) is 31.5 Å². The Bertz CT molecular complexity index is 721. The van der Waals surface area contributed by atoms with Crippen molar-refractivity contribution in [3.63, 3.8) is 0 Å². The zero-order valence-corrected chi connectivity index (χ0v) is 13.1. The molecule has 2 saturated heterocycles. The van der Waals surface area contributed by atoms with E-state index < -0.39 is 0 Å². The van der Waals surface area contributed by atoms with Gasteiger partial charge in [0.2, 0.25) is 0 Å². The average Bonchev–Trinajstić information content (AvgIpc) is 2.85. The number of aromatic nitrogens is 1. The van der Waals surface area contributed by atoms with Crippen molar-refractivity contribution in [2.75, 3.05) is 13.1 Å². The Kier molecular flexibility index (Phi) is 2.74. The second-order valence-electron chi connectivity index (χ2n) is 7.48. The molecule has 6 atom stereocenters. The molecular weight excluding hydrogens is 272 g/mol. The van der Waals surface area contributed by atoms with Crippen LogP contribution in [0.1, 0.15) is 36.9 Å². The lowest BCUT2D eigenvalue weighted by atomic mass is 9.63. The summed E-state index contributed by atoms with van der Waals surface area (Å²) in [5, 5.41) is 12.3. The third-order valence-electron chi connectivity index (χ3n) is 6.55. The molecule has 0 amide bonds. The molecular formula is C19H24N2O. The van der Waals surface area contributed by atoms with Gasteiger partial charge in [-0.25, -0.2) is 0 Å². The Morgan fingerprint density at radius 2 is 2.18 bits per heavy atom. The predicted molar refractivity (Wildman–Crippen MR) is 88.0 cm³/mol. The molecule has 4 heterocycles. The first kappa shape index (κ1) is 13.1. The molecule has 2 unspecified atom stereocenters. The minimum absolute atomic E-state index is 0.172. The van der Waals surface area contributed by atoms with Gasteiger partial charge in [0, 0.05) is 41.6 Å². The number of rotatable bonds is 1. The van der Waals surface area contributed by atoms with E-state index in [1.54, 1.807) is 0 Å². The summed E-state index contributed by atoms with van der Waals surface area (Å²) in [5.41, 5.74) is 4.04. The normalized spacial score (nSPS) is 39.7. The minimum Gasteiger partial charge on any atom is -0.392 e. The molecule has 3 heteroatoms. The lowest BCUT2D eigenvalue weighted by Gasteiger charge is -2.55. The van der Waals surface area contributed by atoms with E-state index in [0.29, 0.717) is 12.0 Å². The van der Waals surface area contributed by atoms with Crippen molar-refractivity contribution in [3.05, 3.63) is 35.5 Å². The van der Waals surface area contributed by atoms with E-state index >= 15 is 0 Å². The van der Waals surface area contributed by atoms with E-state index in [9.17, 15) is 5.11 Å². The Morgan fingerprint density at radius 1 is 1.32 bits per heavy atom. The van der Waals surface area contributed by atoms with Crippen LogP contribution < -0.4 is 0 Å². The van der Waals surface area contributed by atoms with Crippen LogP contribution in [0.15, 0.2) is 24.3 Å². The standard InChI is InChI=1S/C19H24N2O/c1-2-11-9-12-10-21-8-7-14-13-5-3-4-6-15(13)20-17(14)16(18(11)21)19(12)22/h3-6,11-12,16,18-20,22H,2,7-10H2,1H3/t11-,12-,16-,18-,19?/m0/s1. The van der Waals surface area contributed by atoms with Crippen LogP contribution in [0.4, 0.5) is 0 Å². The fourth-order valence-corrected chi connectivity index (χ4v) is 5.61. The first-order valence-electron chi connectivity index (χ1n) is 8.79. The Hall–Kier alpha value is -1.32. The molecule has 1 aliphatic carbocycles. The summed E-state index contributed by atoms with van der Waals surface area (Å²) < 4.78 is 0. The Balaban J connectivity index is 1.72. The van der Waals surface area contributed by atoms with E-state index in [2.05, 4.69) is 41.1 Å².